The van der Waals surface area contributed by atoms with Gasteiger partial charge in [-0.2, -0.15) is 0 Å². The summed E-state index contributed by atoms with van der Waals surface area (Å²) < 4.78 is 5.20. The van der Waals surface area contributed by atoms with Gasteiger partial charge in [-0.15, -0.1) is 22.7 Å². The molecule has 0 spiro atoms. The Bertz CT molecular complexity index is 3200. The van der Waals surface area contributed by atoms with Crippen molar-refractivity contribution < 1.29 is 0 Å². The molecule has 3 heteroatoms. The Balaban J connectivity index is 1.12. The lowest BCUT2D eigenvalue weighted by molar-refractivity contribution is 1.31. The van der Waals surface area contributed by atoms with Gasteiger partial charge < -0.3 is 4.90 Å². The zero-order chi connectivity index (χ0) is 36.3. The number of benzene rings is 9. The van der Waals surface area contributed by atoms with Crippen LogP contribution in [-0.2, 0) is 0 Å². The number of thiophene rings is 2. The van der Waals surface area contributed by atoms with Crippen LogP contribution in [0.3, 0.4) is 0 Å². The molecule has 0 aliphatic carbocycles. The topological polar surface area (TPSA) is 3.24 Å². The van der Waals surface area contributed by atoms with Crippen LogP contribution < -0.4 is 4.90 Å². The summed E-state index contributed by atoms with van der Waals surface area (Å²) >= 11 is 3.76. The molecular weight excluding hydrogens is 703 g/mol. The molecule has 0 unspecified atom stereocenters. The van der Waals surface area contributed by atoms with Crippen molar-refractivity contribution in [3.63, 3.8) is 0 Å². The van der Waals surface area contributed by atoms with Crippen LogP contribution in [0, 0.1) is 0 Å². The molecular formula is C52H33NS2. The second kappa shape index (κ2) is 13.1. The molecule has 0 atom stereocenters. The first kappa shape index (κ1) is 32.0. The van der Waals surface area contributed by atoms with Crippen molar-refractivity contribution in [1.82, 2.24) is 0 Å². The van der Waals surface area contributed by atoms with Gasteiger partial charge in [-0.1, -0.05) is 158 Å². The van der Waals surface area contributed by atoms with Crippen LogP contribution in [0.1, 0.15) is 0 Å². The average molecular weight is 736 g/mol. The molecule has 0 saturated heterocycles. The van der Waals surface area contributed by atoms with Crippen molar-refractivity contribution >= 4 is 90.9 Å². The minimum absolute atomic E-state index is 1.13. The van der Waals surface area contributed by atoms with Crippen LogP contribution in [0.2, 0.25) is 0 Å². The van der Waals surface area contributed by atoms with E-state index in [1.165, 1.54) is 90.2 Å². The average Bonchev–Trinajstić information content (AvgIpc) is 3.83. The van der Waals surface area contributed by atoms with E-state index in [2.05, 4.69) is 205 Å². The van der Waals surface area contributed by atoms with Crippen LogP contribution in [0.15, 0.2) is 200 Å². The van der Waals surface area contributed by atoms with Gasteiger partial charge in [0.15, 0.2) is 0 Å². The van der Waals surface area contributed by atoms with E-state index in [1.54, 1.807) is 0 Å². The lowest BCUT2D eigenvalue weighted by atomic mass is 9.97. The summed E-state index contributed by atoms with van der Waals surface area (Å²) in [6.07, 6.45) is 0. The molecule has 55 heavy (non-hydrogen) atoms. The fraction of sp³-hybridized carbons (Fsp3) is 0. The predicted octanol–water partition coefficient (Wildman–Crippen LogP) is 16.0. The normalized spacial score (nSPS) is 11.6. The summed E-state index contributed by atoms with van der Waals surface area (Å²) in [6, 6.07) is 73.4. The van der Waals surface area contributed by atoms with Gasteiger partial charge in [0.1, 0.15) is 0 Å². The Morgan fingerprint density at radius 1 is 0.309 bits per heavy atom. The fourth-order valence-corrected chi connectivity index (χ4v) is 10.7. The molecule has 0 saturated carbocycles. The van der Waals surface area contributed by atoms with Crippen LogP contribution in [0.25, 0.3) is 84.5 Å². The number of rotatable bonds is 6. The molecule has 0 bridgehead atoms. The fourth-order valence-electron chi connectivity index (χ4n) is 8.25. The molecule has 0 amide bonds. The first-order valence-corrected chi connectivity index (χ1v) is 20.3. The maximum atomic E-state index is 2.48. The zero-order valence-electron chi connectivity index (χ0n) is 29.8. The third kappa shape index (κ3) is 5.43. The smallest absolute Gasteiger partial charge is 0.0640 e. The maximum Gasteiger partial charge on any atom is 0.0640 e. The first-order valence-electron chi connectivity index (χ1n) is 18.7. The van der Waals surface area contributed by atoms with E-state index >= 15 is 0 Å². The standard InChI is InChI=1S/C52H33NS2/c1-2-12-34(13-3-1)35-26-28-37(29-27-35)43-21-10-22-45-46-23-11-24-48(52(46)55-51(43)45)53(40-30-31-50-47(33-40)44-19-6-7-25-49(44)54-50)39-17-8-16-38(32-39)42-20-9-15-36-14-4-5-18-41(36)42/h1-33H. The highest BCUT2D eigenvalue weighted by atomic mass is 32.1. The van der Waals surface area contributed by atoms with Crippen molar-refractivity contribution in [1.29, 1.82) is 0 Å². The van der Waals surface area contributed by atoms with Crippen LogP contribution >= 0.6 is 22.7 Å². The molecule has 2 heterocycles. The molecule has 0 radical (unpaired) electrons. The van der Waals surface area contributed by atoms with E-state index in [-0.39, 0.29) is 0 Å². The van der Waals surface area contributed by atoms with Gasteiger partial charge in [-0.25, -0.2) is 0 Å². The van der Waals surface area contributed by atoms with E-state index in [4.69, 9.17) is 0 Å². The first-order chi connectivity index (χ1) is 27.3. The van der Waals surface area contributed by atoms with Gasteiger partial charge in [0.05, 0.1) is 10.4 Å². The zero-order valence-corrected chi connectivity index (χ0v) is 31.4. The van der Waals surface area contributed by atoms with E-state index in [0.29, 0.717) is 0 Å². The minimum Gasteiger partial charge on any atom is -0.309 e. The number of hydrogen-bond acceptors (Lipinski definition) is 3. The van der Waals surface area contributed by atoms with Crippen molar-refractivity contribution in [2.45, 2.75) is 0 Å². The molecule has 0 aliphatic rings. The third-order valence-corrected chi connectivity index (χ3v) is 13.3. The Morgan fingerprint density at radius 2 is 0.909 bits per heavy atom. The number of fused-ring (bicyclic) bond motifs is 7. The number of anilines is 3. The quantitative estimate of drug-likeness (QED) is 0.164. The van der Waals surface area contributed by atoms with E-state index in [0.717, 1.165) is 11.4 Å². The molecule has 9 aromatic carbocycles. The van der Waals surface area contributed by atoms with E-state index in [9.17, 15) is 0 Å². The molecule has 11 rings (SSSR count). The van der Waals surface area contributed by atoms with Crippen molar-refractivity contribution in [3.05, 3.63) is 200 Å². The molecule has 0 N–H and O–H groups in total. The minimum atomic E-state index is 1.13. The lowest BCUT2D eigenvalue weighted by Crippen LogP contribution is -2.10. The van der Waals surface area contributed by atoms with Gasteiger partial charge in [0.2, 0.25) is 0 Å². The SMILES string of the molecule is c1ccc(-c2ccc(-c3cccc4c3sc3c(N(c5cccc(-c6cccc7ccccc67)c5)c5ccc6sc7ccccc7c6c5)cccc34)cc2)cc1. The van der Waals surface area contributed by atoms with Crippen LogP contribution in [-0.4, -0.2) is 0 Å². The monoisotopic (exact) mass is 735 g/mol. The maximum absolute atomic E-state index is 2.48. The summed E-state index contributed by atoms with van der Waals surface area (Å²) in [5.74, 6) is 0. The van der Waals surface area contributed by atoms with E-state index < -0.39 is 0 Å². The largest absolute Gasteiger partial charge is 0.309 e. The van der Waals surface area contributed by atoms with Gasteiger partial charge in [0.25, 0.3) is 0 Å². The van der Waals surface area contributed by atoms with Gasteiger partial charge >= 0.3 is 0 Å². The highest BCUT2D eigenvalue weighted by Gasteiger charge is 2.21. The third-order valence-electron chi connectivity index (χ3n) is 10.9. The summed E-state index contributed by atoms with van der Waals surface area (Å²) in [4.78, 5) is 2.48. The van der Waals surface area contributed by atoms with Gasteiger partial charge in [-0.05, 0) is 86.6 Å². The molecule has 2 aromatic heterocycles. The van der Waals surface area contributed by atoms with Crippen molar-refractivity contribution in [2.24, 2.45) is 0 Å². The Hall–Kier alpha value is -6.52. The Labute approximate surface area is 327 Å². The van der Waals surface area contributed by atoms with Crippen molar-refractivity contribution in [2.75, 3.05) is 4.90 Å². The summed E-state index contributed by atoms with van der Waals surface area (Å²) in [5, 5.41) is 7.66. The van der Waals surface area contributed by atoms with Crippen LogP contribution in [0.5, 0.6) is 0 Å². The van der Waals surface area contributed by atoms with Crippen molar-refractivity contribution in [3.8, 4) is 33.4 Å². The van der Waals surface area contributed by atoms with E-state index in [1.807, 2.05) is 22.7 Å². The molecule has 11 aromatic rings. The molecule has 0 aliphatic heterocycles. The highest BCUT2D eigenvalue weighted by molar-refractivity contribution is 7.27. The summed E-state index contributed by atoms with van der Waals surface area (Å²) in [6.45, 7) is 0. The molecule has 0 fully saturated rings. The summed E-state index contributed by atoms with van der Waals surface area (Å²) in [5.41, 5.74) is 10.8. The van der Waals surface area contributed by atoms with Crippen LogP contribution in [0.4, 0.5) is 17.1 Å². The lowest BCUT2D eigenvalue weighted by Gasteiger charge is -2.27. The second-order valence-electron chi connectivity index (χ2n) is 14.1. The summed E-state index contributed by atoms with van der Waals surface area (Å²) in [7, 11) is 0. The Kier molecular flexibility index (Phi) is 7.61. The van der Waals surface area contributed by atoms with Gasteiger partial charge in [-0.3, -0.25) is 0 Å². The van der Waals surface area contributed by atoms with Gasteiger partial charge in [0, 0.05) is 47.0 Å². The highest BCUT2D eigenvalue weighted by Crippen LogP contribution is 2.48. The molecule has 1 nitrogen and oxygen atoms in total. The Morgan fingerprint density at radius 3 is 1.80 bits per heavy atom. The number of hydrogen-bond donors (Lipinski definition) is 0. The predicted molar refractivity (Wildman–Crippen MR) is 241 cm³/mol. The molecule has 258 valence electrons. The second-order valence-corrected chi connectivity index (χ2v) is 16.2. The number of nitrogens with zero attached hydrogens (tertiary/aromatic N) is 1.